The topological polar surface area (TPSA) is 78.9 Å². The number of esters is 1. The Hall–Kier alpha value is -1.48. The van der Waals surface area contributed by atoms with Crippen LogP contribution >= 0.6 is 0 Å². The number of rotatable bonds is 7. The highest BCUT2D eigenvalue weighted by Crippen LogP contribution is 2.21. The number of hydrogen-bond acceptors (Lipinski definition) is 5. The van der Waals surface area contributed by atoms with Crippen LogP contribution in [0.1, 0.15) is 31.7 Å². The average Bonchev–Trinajstić information content (AvgIpc) is 3.09. The van der Waals surface area contributed by atoms with Gasteiger partial charge in [0, 0.05) is 38.8 Å². The van der Waals surface area contributed by atoms with Crippen LogP contribution in [-0.4, -0.2) is 62.4 Å². The molecule has 0 unspecified atom stereocenters. The quantitative estimate of drug-likeness (QED) is 0.706. The number of carbonyl (C=O) groups excluding carboxylic acids is 1. The van der Waals surface area contributed by atoms with Gasteiger partial charge in [0.2, 0.25) is 0 Å². The summed E-state index contributed by atoms with van der Waals surface area (Å²) in [7, 11) is -3.60. The first-order chi connectivity index (χ1) is 13.0. The third kappa shape index (κ3) is 5.51. The molecule has 2 atom stereocenters. The second-order valence-corrected chi connectivity index (χ2v) is 8.98. The van der Waals surface area contributed by atoms with Gasteiger partial charge in [-0.2, -0.15) is 17.4 Å². The lowest BCUT2D eigenvalue weighted by molar-refractivity contribution is -0.149. The highest BCUT2D eigenvalue weighted by molar-refractivity contribution is 7.87. The minimum absolute atomic E-state index is 0.0957. The molecule has 150 valence electrons. The first-order valence-corrected chi connectivity index (χ1v) is 11.1. The fraction of sp³-hybridized carbons (Fsp3) is 0.632. The van der Waals surface area contributed by atoms with E-state index in [1.54, 1.807) is 6.92 Å². The van der Waals surface area contributed by atoms with E-state index in [1.165, 1.54) is 9.87 Å². The van der Waals surface area contributed by atoms with Gasteiger partial charge in [-0.05, 0) is 31.7 Å². The molecule has 2 aliphatic rings. The second kappa shape index (κ2) is 9.14. The third-order valence-electron chi connectivity index (χ3n) is 5.18. The largest absolute Gasteiger partial charge is 0.466 e. The molecule has 1 aromatic carbocycles. The van der Waals surface area contributed by atoms with Gasteiger partial charge in [-0.25, -0.2) is 0 Å². The maximum Gasteiger partial charge on any atom is 0.310 e. The van der Waals surface area contributed by atoms with Crippen molar-refractivity contribution in [3.05, 3.63) is 35.9 Å². The third-order valence-corrected chi connectivity index (χ3v) is 6.82. The van der Waals surface area contributed by atoms with E-state index in [9.17, 15) is 13.2 Å². The van der Waals surface area contributed by atoms with E-state index in [2.05, 4.69) is 21.8 Å². The maximum absolute atomic E-state index is 12.8. The molecule has 0 bridgehead atoms. The Morgan fingerprint density at radius 3 is 2.70 bits per heavy atom. The van der Waals surface area contributed by atoms with Crippen LogP contribution in [0.25, 0.3) is 0 Å². The fourth-order valence-electron chi connectivity index (χ4n) is 3.81. The van der Waals surface area contributed by atoms with Crippen LogP contribution in [0.4, 0.5) is 0 Å². The smallest absolute Gasteiger partial charge is 0.310 e. The molecule has 2 heterocycles. The molecule has 0 amide bonds. The Bertz CT molecular complexity index is 726. The van der Waals surface area contributed by atoms with Gasteiger partial charge in [0.1, 0.15) is 0 Å². The predicted molar refractivity (Wildman–Crippen MR) is 103 cm³/mol. The number of likely N-dealkylation sites (tertiary alicyclic amines) is 1. The number of benzene rings is 1. The van der Waals surface area contributed by atoms with Crippen LogP contribution in [0.3, 0.4) is 0 Å². The fourth-order valence-corrected chi connectivity index (χ4v) is 5.32. The summed E-state index contributed by atoms with van der Waals surface area (Å²) in [6.45, 7) is 5.13. The van der Waals surface area contributed by atoms with E-state index >= 15 is 0 Å². The summed E-state index contributed by atoms with van der Waals surface area (Å²) in [5.41, 5.74) is 1.23. The lowest BCUT2D eigenvalue weighted by Gasteiger charge is -2.31. The van der Waals surface area contributed by atoms with Crippen molar-refractivity contribution in [3.8, 4) is 0 Å². The van der Waals surface area contributed by atoms with E-state index in [0.29, 0.717) is 32.5 Å². The number of carbonyl (C=O) groups is 1. The lowest BCUT2D eigenvalue weighted by Crippen LogP contribution is -2.50. The van der Waals surface area contributed by atoms with Crippen molar-refractivity contribution in [1.82, 2.24) is 13.9 Å². The molecule has 0 saturated carbocycles. The minimum atomic E-state index is -3.60. The number of nitrogens with one attached hydrogen (secondary N) is 1. The Kier molecular flexibility index (Phi) is 6.86. The van der Waals surface area contributed by atoms with Crippen LogP contribution in [-0.2, 0) is 26.3 Å². The normalized spacial score (nSPS) is 24.8. The number of hydrogen-bond donors (Lipinski definition) is 1. The second-order valence-electron chi connectivity index (χ2n) is 7.28. The molecular formula is C19H29N3O4S. The zero-order chi connectivity index (χ0) is 19.3. The van der Waals surface area contributed by atoms with Gasteiger partial charge >= 0.3 is 5.97 Å². The molecule has 2 aliphatic heterocycles. The number of piperidine rings is 1. The van der Waals surface area contributed by atoms with E-state index in [-0.39, 0.29) is 24.5 Å². The molecule has 0 aromatic heterocycles. The molecule has 7 nitrogen and oxygen atoms in total. The van der Waals surface area contributed by atoms with Crippen LogP contribution in [0.5, 0.6) is 0 Å². The molecule has 3 rings (SSSR count). The first-order valence-electron chi connectivity index (χ1n) is 9.68. The zero-order valence-corrected chi connectivity index (χ0v) is 16.7. The summed E-state index contributed by atoms with van der Waals surface area (Å²) < 4.78 is 34.8. The Morgan fingerprint density at radius 1 is 1.19 bits per heavy atom. The van der Waals surface area contributed by atoms with Crippen molar-refractivity contribution < 1.29 is 17.9 Å². The SMILES string of the molecule is CCOC(=O)[C@@H]1CCCN(S(=O)(=O)N[C@@H]2CCN(Cc3ccccc3)C2)C1. The molecular weight excluding hydrogens is 366 g/mol. The predicted octanol–water partition coefficient (Wildman–Crippen LogP) is 1.37. The van der Waals surface area contributed by atoms with E-state index in [0.717, 1.165) is 19.5 Å². The van der Waals surface area contributed by atoms with E-state index in [1.807, 2.05) is 18.2 Å². The number of nitrogens with zero attached hydrogens (tertiary/aromatic N) is 2. The molecule has 1 N–H and O–H groups in total. The summed E-state index contributed by atoms with van der Waals surface area (Å²) in [5.74, 6) is -0.666. The van der Waals surface area contributed by atoms with Crippen molar-refractivity contribution in [1.29, 1.82) is 0 Å². The molecule has 1 aromatic rings. The highest BCUT2D eigenvalue weighted by atomic mass is 32.2. The molecule has 2 fully saturated rings. The van der Waals surface area contributed by atoms with Gasteiger partial charge < -0.3 is 4.74 Å². The summed E-state index contributed by atoms with van der Waals surface area (Å²) in [5, 5.41) is 0. The number of ether oxygens (including phenoxy) is 1. The molecule has 27 heavy (non-hydrogen) atoms. The summed E-state index contributed by atoms with van der Waals surface area (Å²) in [4.78, 5) is 14.2. The van der Waals surface area contributed by atoms with Crippen molar-refractivity contribution in [3.63, 3.8) is 0 Å². The van der Waals surface area contributed by atoms with Crippen LogP contribution < -0.4 is 4.72 Å². The molecule has 2 saturated heterocycles. The van der Waals surface area contributed by atoms with Gasteiger partial charge in [-0.3, -0.25) is 9.69 Å². The van der Waals surface area contributed by atoms with Gasteiger partial charge in [-0.15, -0.1) is 0 Å². The average molecular weight is 396 g/mol. The molecule has 8 heteroatoms. The van der Waals surface area contributed by atoms with Crippen molar-refractivity contribution in [2.75, 3.05) is 32.8 Å². The monoisotopic (exact) mass is 395 g/mol. The Morgan fingerprint density at radius 2 is 1.96 bits per heavy atom. The van der Waals surface area contributed by atoms with Gasteiger partial charge in [0.15, 0.2) is 0 Å². The standard InChI is InChI=1S/C19H29N3O4S/c1-2-26-19(23)17-9-6-11-22(14-17)27(24,25)20-18-10-12-21(15-18)13-16-7-4-3-5-8-16/h3-5,7-8,17-18,20H,2,6,9-15H2,1H3/t17-,18-/m1/s1. The zero-order valence-electron chi connectivity index (χ0n) is 15.8. The molecule has 0 spiro atoms. The summed E-state index contributed by atoms with van der Waals surface area (Å²) in [6.07, 6.45) is 2.15. The van der Waals surface area contributed by atoms with E-state index < -0.39 is 10.2 Å². The first kappa shape index (κ1) is 20.3. The van der Waals surface area contributed by atoms with Crippen LogP contribution in [0.15, 0.2) is 30.3 Å². The van der Waals surface area contributed by atoms with Gasteiger partial charge in [0.05, 0.1) is 12.5 Å². The summed E-state index contributed by atoms with van der Waals surface area (Å²) >= 11 is 0. The minimum Gasteiger partial charge on any atom is -0.466 e. The van der Waals surface area contributed by atoms with Gasteiger partial charge in [-0.1, -0.05) is 30.3 Å². The Labute approximate surface area is 161 Å². The highest BCUT2D eigenvalue weighted by Gasteiger charge is 2.35. The Balaban J connectivity index is 1.53. The van der Waals surface area contributed by atoms with Crippen molar-refractivity contribution in [2.24, 2.45) is 5.92 Å². The molecule has 0 aliphatic carbocycles. The van der Waals surface area contributed by atoms with E-state index in [4.69, 9.17) is 4.74 Å². The van der Waals surface area contributed by atoms with Crippen LogP contribution in [0.2, 0.25) is 0 Å². The van der Waals surface area contributed by atoms with Crippen LogP contribution in [0, 0.1) is 5.92 Å². The van der Waals surface area contributed by atoms with Gasteiger partial charge in [0.25, 0.3) is 10.2 Å². The van der Waals surface area contributed by atoms with Crippen molar-refractivity contribution >= 4 is 16.2 Å². The molecule has 0 radical (unpaired) electrons. The lowest BCUT2D eigenvalue weighted by atomic mass is 10.0. The van der Waals surface area contributed by atoms with Crippen molar-refractivity contribution in [2.45, 2.75) is 38.8 Å². The summed E-state index contributed by atoms with van der Waals surface area (Å²) in [6, 6.07) is 10.1. The maximum atomic E-state index is 12.8.